The number of nitrogens with zero attached hydrogens (tertiary/aromatic N) is 2. The summed E-state index contributed by atoms with van der Waals surface area (Å²) in [6.07, 6.45) is 2.77. The monoisotopic (exact) mass is 513 g/mol. The number of hydrogen-bond acceptors (Lipinski definition) is 8. The van der Waals surface area contributed by atoms with Crippen LogP contribution in [-0.4, -0.2) is 34.4 Å². The van der Waals surface area contributed by atoms with Crippen molar-refractivity contribution in [2.45, 2.75) is 64.5 Å². The van der Waals surface area contributed by atoms with E-state index in [0.29, 0.717) is 34.2 Å². The van der Waals surface area contributed by atoms with E-state index in [1.807, 2.05) is 12.1 Å². The quantitative estimate of drug-likeness (QED) is 0.300. The van der Waals surface area contributed by atoms with Gasteiger partial charge in [-0.05, 0) is 60.8 Å². The van der Waals surface area contributed by atoms with E-state index in [1.54, 1.807) is 6.92 Å². The second-order valence-electron chi connectivity index (χ2n) is 9.81. The van der Waals surface area contributed by atoms with Gasteiger partial charge in [0.25, 0.3) is 5.22 Å². The maximum absolute atomic E-state index is 12.7. The summed E-state index contributed by atoms with van der Waals surface area (Å²) in [5, 5.41) is 12.0. The fraction of sp³-hybridized carbons (Fsp3) is 0.462. The molecule has 0 aliphatic heterocycles. The van der Waals surface area contributed by atoms with Gasteiger partial charge in [0, 0.05) is 10.4 Å². The summed E-state index contributed by atoms with van der Waals surface area (Å²) in [5.41, 5.74) is 3.65. The molecule has 1 aliphatic rings. The molecule has 0 saturated carbocycles. The molecule has 1 amide bonds. The van der Waals surface area contributed by atoms with Crippen LogP contribution in [0.15, 0.2) is 33.9 Å². The molecule has 0 saturated heterocycles. The first-order chi connectivity index (χ1) is 16.7. The van der Waals surface area contributed by atoms with Crippen LogP contribution in [-0.2, 0) is 27.8 Å². The number of benzene rings is 1. The van der Waals surface area contributed by atoms with Gasteiger partial charge in [0.05, 0.1) is 17.9 Å². The average molecular weight is 514 g/mol. The van der Waals surface area contributed by atoms with Crippen LogP contribution in [0.1, 0.15) is 67.4 Å². The van der Waals surface area contributed by atoms with Gasteiger partial charge in [-0.2, -0.15) is 0 Å². The first kappa shape index (κ1) is 25.4. The van der Waals surface area contributed by atoms with Crippen LogP contribution in [0.2, 0.25) is 0 Å². The molecular weight excluding hydrogens is 482 g/mol. The van der Waals surface area contributed by atoms with Gasteiger partial charge in [0.1, 0.15) is 5.00 Å². The van der Waals surface area contributed by atoms with Crippen LogP contribution in [0.5, 0.6) is 0 Å². The standard InChI is InChI=1S/C26H31N3O4S2/c1-6-32-24(31)21-18-12-7-15(2)13-19(18)35-23(21)27-20(30)14-34-25-29-28-22(33-25)16-8-10-17(11-9-16)26(3,4)5/h8-11,15H,6-7,12-14H2,1-5H3,(H,27,30). The third-order valence-electron chi connectivity index (χ3n) is 5.98. The SMILES string of the molecule is CCOC(=O)c1c(NC(=O)CSc2nnc(-c3ccc(C(C)(C)C)cc3)o2)sc2c1CCC(C)C2. The van der Waals surface area contributed by atoms with Crippen molar-refractivity contribution in [3.63, 3.8) is 0 Å². The van der Waals surface area contributed by atoms with E-state index in [4.69, 9.17) is 9.15 Å². The largest absolute Gasteiger partial charge is 0.462 e. The van der Waals surface area contributed by atoms with Crippen LogP contribution in [0.3, 0.4) is 0 Å². The second-order valence-corrected chi connectivity index (χ2v) is 11.8. The first-order valence-corrected chi connectivity index (χ1v) is 13.6. The number of hydrogen-bond donors (Lipinski definition) is 1. The van der Waals surface area contributed by atoms with Gasteiger partial charge >= 0.3 is 5.97 Å². The smallest absolute Gasteiger partial charge is 0.341 e. The number of anilines is 1. The Morgan fingerprint density at radius 1 is 1.23 bits per heavy atom. The van der Waals surface area contributed by atoms with E-state index in [0.717, 1.165) is 35.3 Å². The lowest BCUT2D eigenvalue weighted by molar-refractivity contribution is -0.113. The van der Waals surface area contributed by atoms with Crippen LogP contribution < -0.4 is 5.32 Å². The van der Waals surface area contributed by atoms with Crippen molar-refractivity contribution >= 4 is 40.0 Å². The molecule has 1 atom stereocenters. The number of amides is 1. The molecule has 2 heterocycles. The molecular formula is C26H31N3O4S2. The maximum Gasteiger partial charge on any atom is 0.341 e. The molecule has 1 aromatic carbocycles. The van der Waals surface area contributed by atoms with E-state index < -0.39 is 0 Å². The molecule has 3 aromatic rings. The topological polar surface area (TPSA) is 94.3 Å². The summed E-state index contributed by atoms with van der Waals surface area (Å²) >= 11 is 2.65. The highest BCUT2D eigenvalue weighted by Crippen LogP contribution is 2.40. The number of esters is 1. The summed E-state index contributed by atoms with van der Waals surface area (Å²) in [7, 11) is 0. The molecule has 1 unspecified atom stereocenters. The molecule has 186 valence electrons. The number of aromatic nitrogens is 2. The second kappa shape index (κ2) is 10.5. The summed E-state index contributed by atoms with van der Waals surface area (Å²) in [6, 6.07) is 8.04. The van der Waals surface area contributed by atoms with Gasteiger partial charge in [0.15, 0.2) is 0 Å². The van der Waals surface area contributed by atoms with E-state index in [9.17, 15) is 9.59 Å². The third-order valence-corrected chi connectivity index (χ3v) is 7.96. The molecule has 1 aliphatic carbocycles. The zero-order chi connectivity index (χ0) is 25.2. The molecule has 0 radical (unpaired) electrons. The highest BCUT2D eigenvalue weighted by Gasteiger charge is 2.29. The maximum atomic E-state index is 12.7. The van der Waals surface area contributed by atoms with Gasteiger partial charge in [-0.3, -0.25) is 4.79 Å². The summed E-state index contributed by atoms with van der Waals surface area (Å²) in [4.78, 5) is 26.5. The molecule has 4 rings (SSSR count). The van der Waals surface area contributed by atoms with Crippen molar-refractivity contribution in [1.29, 1.82) is 0 Å². The molecule has 9 heteroatoms. The molecule has 0 fully saturated rings. The molecule has 0 bridgehead atoms. The number of thiophene rings is 1. The fourth-order valence-electron chi connectivity index (χ4n) is 4.05. The molecule has 2 aromatic heterocycles. The number of fused-ring (bicyclic) bond motifs is 1. The van der Waals surface area contributed by atoms with Crippen molar-refractivity contribution in [1.82, 2.24) is 10.2 Å². The van der Waals surface area contributed by atoms with Crippen LogP contribution >= 0.6 is 23.1 Å². The van der Waals surface area contributed by atoms with Crippen molar-refractivity contribution in [2.24, 2.45) is 5.92 Å². The zero-order valence-electron chi connectivity index (χ0n) is 20.8. The van der Waals surface area contributed by atoms with Crippen LogP contribution in [0.25, 0.3) is 11.5 Å². The van der Waals surface area contributed by atoms with E-state index in [2.05, 4.69) is 55.3 Å². The third kappa shape index (κ3) is 5.95. The Kier molecular flexibility index (Phi) is 7.66. The lowest BCUT2D eigenvalue weighted by Gasteiger charge is -2.18. The highest BCUT2D eigenvalue weighted by molar-refractivity contribution is 7.99. The van der Waals surface area contributed by atoms with Crippen molar-refractivity contribution < 1.29 is 18.7 Å². The summed E-state index contributed by atoms with van der Waals surface area (Å²) < 4.78 is 11.0. The van der Waals surface area contributed by atoms with E-state index in [1.165, 1.54) is 28.7 Å². The fourth-order valence-corrected chi connectivity index (χ4v) is 6.02. The zero-order valence-corrected chi connectivity index (χ0v) is 22.4. The number of nitrogens with one attached hydrogen (secondary N) is 1. The van der Waals surface area contributed by atoms with Gasteiger partial charge in [-0.1, -0.05) is 51.6 Å². The Bertz CT molecular complexity index is 1210. The highest BCUT2D eigenvalue weighted by atomic mass is 32.2. The van der Waals surface area contributed by atoms with E-state index in [-0.39, 0.29) is 23.0 Å². The minimum absolute atomic E-state index is 0.0645. The summed E-state index contributed by atoms with van der Waals surface area (Å²) in [6.45, 7) is 10.8. The number of ether oxygens (including phenoxy) is 1. The Morgan fingerprint density at radius 2 is 1.97 bits per heavy atom. The molecule has 35 heavy (non-hydrogen) atoms. The Labute approximate surface area is 214 Å². The van der Waals surface area contributed by atoms with Crippen LogP contribution in [0.4, 0.5) is 5.00 Å². The number of rotatable bonds is 7. The number of carbonyl (C=O) groups is 2. The van der Waals surface area contributed by atoms with E-state index >= 15 is 0 Å². The Balaban J connectivity index is 1.41. The van der Waals surface area contributed by atoms with Crippen molar-refractivity contribution in [3.8, 4) is 11.5 Å². The average Bonchev–Trinajstić information content (AvgIpc) is 3.41. The number of thioether (sulfide) groups is 1. The Hall–Kier alpha value is -2.65. The van der Waals surface area contributed by atoms with Crippen molar-refractivity contribution in [2.75, 3.05) is 17.7 Å². The lowest BCUT2D eigenvalue weighted by atomic mass is 9.87. The van der Waals surface area contributed by atoms with Crippen molar-refractivity contribution in [3.05, 3.63) is 45.8 Å². The van der Waals surface area contributed by atoms with Gasteiger partial charge < -0.3 is 14.5 Å². The molecule has 1 N–H and O–H groups in total. The number of carbonyl (C=O) groups excluding carboxylic acids is 2. The lowest BCUT2D eigenvalue weighted by Crippen LogP contribution is -2.17. The van der Waals surface area contributed by atoms with Crippen LogP contribution in [0, 0.1) is 5.92 Å². The summed E-state index contributed by atoms with van der Waals surface area (Å²) in [5.74, 6) is 0.457. The van der Waals surface area contributed by atoms with Gasteiger partial charge in [-0.15, -0.1) is 21.5 Å². The predicted octanol–water partition coefficient (Wildman–Crippen LogP) is 6.13. The first-order valence-electron chi connectivity index (χ1n) is 11.8. The normalized spacial score (nSPS) is 15.5. The molecule has 7 nitrogen and oxygen atoms in total. The minimum atomic E-state index is -0.374. The predicted molar refractivity (Wildman–Crippen MR) is 139 cm³/mol. The Morgan fingerprint density at radius 3 is 2.66 bits per heavy atom. The minimum Gasteiger partial charge on any atom is -0.462 e. The van der Waals surface area contributed by atoms with Gasteiger partial charge in [-0.25, -0.2) is 4.79 Å². The molecule has 0 spiro atoms. The van der Waals surface area contributed by atoms with Gasteiger partial charge in [0.2, 0.25) is 11.8 Å².